The van der Waals surface area contributed by atoms with E-state index in [-0.39, 0.29) is 30.7 Å². The lowest BCUT2D eigenvalue weighted by Gasteiger charge is -2.35. The highest BCUT2D eigenvalue weighted by molar-refractivity contribution is 6.00. The predicted molar refractivity (Wildman–Crippen MR) is 175 cm³/mol. The van der Waals surface area contributed by atoms with Crippen molar-refractivity contribution in [2.24, 2.45) is 5.73 Å². The number of ether oxygens (including phenoxy) is 1. The predicted octanol–water partition coefficient (Wildman–Crippen LogP) is 6.18. The summed E-state index contributed by atoms with van der Waals surface area (Å²) in [5, 5.41) is 18.4. The summed E-state index contributed by atoms with van der Waals surface area (Å²) in [5.41, 5.74) is 5.33. The summed E-state index contributed by atoms with van der Waals surface area (Å²) in [7, 11) is 0. The Morgan fingerprint density at radius 1 is 0.911 bits per heavy atom. The van der Waals surface area contributed by atoms with E-state index in [1.807, 2.05) is 36.4 Å². The van der Waals surface area contributed by atoms with Gasteiger partial charge < -0.3 is 31.1 Å². The lowest BCUT2D eigenvalue weighted by molar-refractivity contribution is -0.141. The van der Waals surface area contributed by atoms with Crippen molar-refractivity contribution in [3.8, 4) is 5.75 Å². The Morgan fingerprint density at radius 2 is 1.58 bits per heavy atom. The second-order valence-corrected chi connectivity index (χ2v) is 12.2. The van der Waals surface area contributed by atoms with Crippen LogP contribution in [0.4, 0.5) is 10.5 Å². The first-order valence-corrected chi connectivity index (χ1v) is 15.6. The summed E-state index contributed by atoms with van der Waals surface area (Å²) in [6.07, 6.45) is 3.28. The highest BCUT2D eigenvalue weighted by Gasteiger charge is 2.37. The number of nitrogens with one attached hydrogen (secondary N) is 2. The molecule has 0 aromatic heterocycles. The number of fused-ring (bicyclic) bond motifs is 1. The monoisotopic (exact) mass is 618 g/mol. The van der Waals surface area contributed by atoms with Gasteiger partial charge in [-0.2, -0.15) is 0 Å². The third-order valence-electron chi connectivity index (χ3n) is 7.26. The van der Waals surface area contributed by atoms with E-state index in [1.54, 1.807) is 45.0 Å². The van der Waals surface area contributed by atoms with Crippen molar-refractivity contribution in [3.05, 3.63) is 72.3 Å². The third-order valence-corrected chi connectivity index (χ3v) is 7.26. The molecule has 0 saturated heterocycles. The summed E-state index contributed by atoms with van der Waals surface area (Å²) in [6.45, 7) is 7.35. The van der Waals surface area contributed by atoms with Gasteiger partial charge in [-0.15, -0.1) is 0 Å². The van der Waals surface area contributed by atoms with Gasteiger partial charge in [0.15, 0.2) is 0 Å². The normalized spacial score (nSPS) is 12.6. The van der Waals surface area contributed by atoms with Gasteiger partial charge in [-0.25, -0.2) is 4.79 Å². The number of nitrogens with two attached hydrogens (primary N) is 1. The molecular formula is C35H46N4O6. The summed E-state index contributed by atoms with van der Waals surface area (Å²) in [4.78, 5) is 54.5. The number of primary amides is 1. The topological polar surface area (TPSA) is 151 Å². The molecule has 0 bridgehead atoms. The number of amides is 4. The van der Waals surface area contributed by atoms with Crippen molar-refractivity contribution in [2.45, 2.75) is 90.3 Å². The molecule has 45 heavy (non-hydrogen) atoms. The van der Waals surface area contributed by atoms with E-state index in [2.05, 4.69) is 17.6 Å². The second kappa shape index (κ2) is 16.5. The Balaban J connectivity index is 2.04. The van der Waals surface area contributed by atoms with E-state index < -0.39 is 41.5 Å². The molecular weight excluding hydrogens is 572 g/mol. The number of hydrogen-bond acceptors (Lipinski definition) is 6. The fourth-order valence-electron chi connectivity index (χ4n) is 5.09. The quantitative estimate of drug-likeness (QED) is 0.149. The van der Waals surface area contributed by atoms with Gasteiger partial charge in [0.05, 0.1) is 0 Å². The van der Waals surface area contributed by atoms with Gasteiger partial charge in [0, 0.05) is 24.2 Å². The van der Waals surface area contributed by atoms with Crippen LogP contribution in [0.15, 0.2) is 66.7 Å². The lowest BCUT2D eigenvalue weighted by atomic mass is 9.99. The molecule has 2 unspecified atom stereocenters. The fraction of sp³-hybridized carbons (Fsp3) is 0.429. The molecule has 3 aromatic rings. The Morgan fingerprint density at radius 3 is 2.24 bits per heavy atom. The molecule has 0 heterocycles. The average Bonchev–Trinajstić information content (AvgIpc) is 2.98. The van der Waals surface area contributed by atoms with Crippen molar-refractivity contribution in [2.75, 3.05) is 11.9 Å². The molecule has 0 aliphatic carbocycles. The van der Waals surface area contributed by atoms with Gasteiger partial charge in [0.2, 0.25) is 11.8 Å². The minimum atomic E-state index is -1.26. The third kappa shape index (κ3) is 10.8. The van der Waals surface area contributed by atoms with E-state index in [0.29, 0.717) is 12.1 Å². The molecule has 0 radical (unpaired) electrons. The van der Waals surface area contributed by atoms with E-state index in [0.717, 1.165) is 36.5 Å². The van der Waals surface area contributed by atoms with E-state index in [1.165, 1.54) is 11.0 Å². The Hall–Kier alpha value is -4.60. The molecule has 10 nitrogen and oxygen atoms in total. The summed E-state index contributed by atoms with van der Waals surface area (Å²) in [6, 6.07) is 17.1. The summed E-state index contributed by atoms with van der Waals surface area (Å²) >= 11 is 0. The molecule has 10 heteroatoms. The van der Waals surface area contributed by atoms with E-state index in [9.17, 15) is 24.3 Å². The maximum atomic E-state index is 14.4. The highest BCUT2D eigenvalue weighted by atomic mass is 16.6. The highest BCUT2D eigenvalue weighted by Crippen LogP contribution is 2.32. The number of para-hydroxylation sites is 1. The first kappa shape index (κ1) is 34.9. The number of phenolic OH excluding ortho intramolecular Hbond substituents is 1. The zero-order chi connectivity index (χ0) is 33.0. The van der Waals surface area contributed by atoms with Crippen molar-refractivity contribution in [1.29, 1.82) is 0 Å². The van der Waals surface area contributed by atoms with Crippen LogP contribution < -0.4 is 16.4 Å². The van der Waals surface area contributed by atoms with Gasteiger partial charge in [-0.05, 0) is 62.6 Å². The molecule has 0 saturated carbocycles. The number of carbonyl (C=O) groups excluding carboxylic acids is 4. The molecule has 0 spiro atoms. The molecule has 0 aliphatic rings. The van der Waals surface area contributed by atoms with Crippen molar-refractivity contribution in [1.82, 2.24) is 10.2 Å². The minimum Gasteiger partial charge on any atom is -0.508 e. The average molecular weight is 619 g/mol. The van der Waals surface area contributed by atoms with Crippen molar-refractivity contribution < 1.29 is 29.0 Å². The number of unbranched alkanes of at least 4 members (excludes halogenated alkanes) is 4. The maximum absolute atomic E-state index is 14.4. The number of anilines is 1. The van der Waals surface area contributed by atoms with Gasteiger partial charge in [-0.1, -0.05) is 81.1 Å². The molecule has 5 N–H and O–H groups in total. The van der Waals surface area contributed by atoms with Crippen molar-refractivity contribution in [3.63, 3.8) is 0 Å². The van der Waals surface area contributed by atoms with Gasteiger partial charge >= 0.3 is 6.09 Å². The standard InChI is InChI=1S/C35H46N4O6/c1-5-6-7-8-13-22-39(33(43)28(20-21-30(36)41)38-34(44)45-35(2,3)4)31(27-16-11-12-17-29(27)40)32(42)37-26-19-18-24-14-9-10-15-25(24)23-26/h9-12,14-19,23,28,31,40H,5-8,13,20-22H2,1-4H3,(H2,36,41)(H,37,42)(H,38,44). The number of rotatable bonds is 15. The summed E-state index contributed by atoms with van der Waals surface area (Å²) < 4.78 is 5.40. The number of benzene rings is 3. The molecule has 4 amide bonds. The Bertz CT molecular complexity index is 1470. The van der Waals surface area contributed by atoms with Crippen LogP contribution in [0.25, 0.3) is 10.8 Å². The molecule has 0 aliphatic heterocycles. The van der Waals surface area contributed by atoms with Crippen LogP contribution in [-0.4, -0.2) is 52.0 Å². The van der Waals surface area contributed by atoms with Gasteiger partial charge in [0.1, 0.15) is 23.4 Å². The van der Waals surface area contributed by atoms with Gasteiger partial charge in [-0.3, -0.25) is 14.4 Å². The Kier molecular flexibility index (Phi) is 12.8. The van der Waals surface area contributed by atoms with Crippen molar-refractivity contribution >= 4 is 40.3 Å². The number of nitrogens with zero attached hydrogens (tertiary/aromatic N) is 1. The van der Waals surface area contributed by atoms with Crippen LogP contribution in [0, 0.1) is 0 Å². The number of carbonyl (C=O) groups is 4. The van der Waals surface area contributed by atoms with Crippen LogP contribution in [0.1, 0.15) is 84.2 Å². The zero-order valence-electron chi connectivity index (χ0n) is 26.7. The van der Waals surface area contributed by atoms with Crippen LogP contribution >= 0.6 is 0 Å². The van der Waals surface area contributed by atoms with Crippen LogP contribution in [0.3, 0.4) is 0 Å². The first-order chi connectivity index (χ1) is 21.4. The molecule has 0 fully saturated rings. The molecule has 2 atom stereocenters. The van der Waals surface area contributed by atoms with Crippen LogP contribution in [0.5, 0.6) is 5.75 Å². The number of aromatic hydroxyl groups is 1. The molecule has 242 valence electrons. The van der Waals surface area contributed by atoms with E-state index in [4.69, 9.17) is 10.5 Å². The first-order valence-electron chi connectivity index (χ1n) is 15.6. The fourth-order valence-corrected chi connectivity index (χ4v) is 5.09. The number of phenols is 1. The number of hydrogen-bond donors (Lipinski definition) is 4. The van der Waals surface area contributed by atoms with Crippen LogP contribution in [0.2, 0.25) is 0 Å². The maximum Gasteiger partial charge on any atom is 0.408 e. The Labute approximate surface area is 265 Å². The van der Waals surface area contributed by atoms with Gasteiger partial charge in [0.25, 0.3) is 5.91 Å². The molecule has 3 aromatic carbocycles. The second-order valence-electron chi connectivity index (χ2n) is 12.2. The largest absolute Gasteiger partial charge is 0.508 e. The zero-order valence-corrected chi connectivity index (χ0v) is 26.7. The van der Waals surface area contributed by atoms with E-state index >= 15 is 0 Å². The summed E-state index contributed by atoms with van der Waals surface area (Å²) in [5.74, 6) is -1.94. The lowest BCUT2D eigenvalue weighted by Crippen LogP contribution is -2.52. The SMILES string of the molecule is CCCCCCCN(C(=O)C(CCC(N)=O)NC(=O)OC(C)(C)C)C(C(=O)Nc1ccc2ccccc2c1)c1ccccc1O. The minimum absolute atomic E-state index is 0.0977. The molecule has 3 rings (SSSR count). The van der Waals surface area contributed by atoms with Crippen LogP contribution in [-0.2, 0) is 19.1 Å². The smallest absolute Gasteiger partial charge is 0.408 e. The number of alkyl carbamates (subject to hydrolysis) is 1.